The number of benzene rings is 1. The molecule has 0 amide bonds. The van der Waals surface area contributed by atoms with Crippen molar-refractivity contribution in [3.63, 3.8) is 0 Å². The Bertz CT molecular complexity index is 842. The molecule has 26 heavy (non-hydrogen) atoms. The van der Waals surface area contributed by atoms with Crippen LogP contribution >= 0.6 is 0 Å². The van der Waals surface area contributed by atoms with Gasteiger partial charge in [0.25, 0.3) is 0 Å². The Balaban J connectivity index is 2.23. The molecule has 1 heterocycles. The Morgan fingerprint density at radius 2 is 1.92 bits per heavy atom. The molecule has 0 N–H and O–H groups in total. The molecular weight excluding hydrogens is 330 g/mol. The molecule has 2 rings (SSSR count). The Labute approximate surface area is 153 Å². The van der Waals surface area contributed by atoms with E-state index in [-0.39, 0.29) is 18.8 Å². The second kappa shape index (κ2) is 8.97. The first kappa shape index (κ1) is 19.4. The van der Waals surface area contributed by atoms with Crippen LogP contribution in [-0.2, 0) is 20.8 Å². The van der Waals surface area contributed by atoms with Gasteiger partial charge in [-0.15, -0.1) is 0 Å². The van der Waals surface area contributed by atoms with Crippen LogP contribution in [0.1, 0.15) is 28.1 Å². The maximum atomic E-state index is 12.0. The van der Waals surface area contributed by atoms with Gasteiger partial charge < -0.3 is 9.47 Å². The quantitative estimate of drug-likeness (QED) is 0.331. The number of aromatic nitrogens is 2. The molecule has 1 aromatic carbocycles. The third-order valence-corrected chi connectivity index (χ3v) is 4.04. The van der Waals surface area contributed by atoms with Crippen LogP contribution in [0.25, 0.3) is 6.08 Å². The second-order valence-corrected chi connectivity index (χ2v) is 6.03. The molecule has 0 spiro atoms. The van der Waals surface area contributed by atoms with Gasteiger partial charge in [0.2, 0.25) is 0 Å². The van der Waals surface area contributed by atoms with E-state index in [1.807, 2.05) is 31.5 Å². The first-order valence-corrected chi connectivity index (χ1v) is 8.33. The molecule has 1 aromatic heterocycles. The van der Waals surface area contributed by atoms with Gasteiger partial charge in [-0.25, -0.2) is 4.79 Å². The predicted molar refractivity (Wildman–Crippen MR) is 98.4 cm³/mol. The summed E-state index contributed by atoms with van der Waals surface area (Å²) < 4.78 is 11.7. The summed E-state index contributed by atoms with van der Waals surface area (Å²) in [4.78, 5) is 12.0. The van der Waals surface area contributed by atoms with Crippen molar-refractivity contribution in [3.8, 4) is 6.07 Å². The van der Waals surface area contributed by atoms with Gasteiger partial charge in [0.05, 0.1) is 18.8 Å². The SMILES string of the molecule is COCCOC(=O)/C(C#N)=C/c1c(C)nn(Cc2ccc(C)cc2)c1C. The number of nitrogens with zero attached hydrogens (tertiary/aromatic N) is 3. The highest BCUT2D eigenvalue weighted by Gasteiger charge is 2.15. The number of hydrogen-bond acceptors (Lipinski definition) is 5. The fourth-order valence-corrected chi connectivity index (χ4v) is 2.52. The number of methoxy groups -OCH3 is 1. The van der Waals surface area contributed by atoms with Crippen molar-refractivity contribution >= 4 is 12.0 Å². The smallest absolute Gasteiger partial charge is 0.348 e. The summed E-state index contributed by atoms with van der Waals surface area (Å²) in [6.45, 7) is 6.85. The second-order valence-electron chi connectivity index (χ2n) is 6.03. The number of carbonyl (C=O) groups excluding carboxylic acids is 1. The fourth-order valence-electron chi connectivity index (χ4n) is 2.52. The van der Waals surface area contributed by atoms with Crippen molar-refractivity contribution < 1.29 is 14.3 Å². The fraction of sp³-hybridized carbons (Fsp3) is 0.350. The molecule has 0 aliphatic carbocycles. The normalized spacial score (nSPS) is 11.3. The van der Waals surface area contributed by atoms with E-state index in [2.05, 4.69) is 29.4 Å². The van der Waals surface area contributed by atoms with Crippen LogP contribution < -0.4 is 0 Å². The first-order chi connectivity index (χ1) is 12.5. The molecule has 136 valence electrons. The molecule has 0 bridgehead atoms. The Kier molecular flexibility index (Phi) is 6.70. The Hall–Kier alpha value is -2.91. The molecule has 0 radical (unpaired) electrons. The molecule has 0 fully saturated rings. The number of carbonyl (C=O) groups is 1. The van der Waals surface area contributed by atoms with Crippen LogP contribution in [0.5, 0.6) is 0 Å². The Morgan fingerprint density at radius 3 is 2.54 bits per heavy atom. The van der Waals surface area contributed by atoms with Gasteiger partial charge in [0.1, 0.15) is 18.2 Å². The van der Waals surface area contributed by atoms with E-state index in [1.54, 1.807) is 6.08 Å². The molecule has 6 heteroatoms. The first-order valence-electron chi connectivity index (χ1n) is 8.33. The lowest BCUT2D eigenvalue weighted by Crippen LogP contribution is -2.11. The van der Waals surface area contributed by atoms with Gasteiger partial charge in [-0.2, -0.15) is 10.4 Å². The van der Waals surface area contributed by atoms with Gasteiger partial charge in [0.15, 0.2) is 0 Å². The summed E-state index contributed by atoms with van der Waals surface area (Å²) in [5.41, 5.74) is 4.69. The highest BCUT2D eigenvalue weighted by molar-refractivity contribution is 5.98. The zero-order valence-corrected chi connectivity index (χ0v) is 15.6. The number of aryl methyl sites for hydroxylation is 2. The molecule has 0 aliphatic heterocycles. The van der Waals surface area contributed by atoms with Crippen LogP contribution in [0.15, 0.2) is 29.8 Å². The van der Waals surface area contributed by atoms with Crippen LogP contribution in [0, 0.1) is 32.1 Å². The maximum Gasteiger partial charge on any atom is 0.348 e. The van der Waals surface area contributed by atoms with E-state index >= 15 is 0 Å². The van der Waals surface area contributed by atoms with E-state index in [0.717, 1.165) is 22.5 Å². The van der Waals surface area contributed by atoms with Crippen LogP contribution in [0.2, 0.25) is 0 Å². The van der Waals surface area contributed by atoms with Crippen LogP contribution in [0.4, 0.5) is 0 Å². The van der Waals surface area contributed by atoms with Gasteiger partial charge in [0, 0.05) is 18.4 Å². The van der Waals surface area contributed by atoms with Crippen LogP contribution in [0.3, 0.4) is 0 Å². The molecule has 6 nitrogen and oxygen atoms in total. The average molecular weight is 353 g/mol. The van der Waals surface area contributed by atoms with Gasteiger partial charge in [-0.3, -0.25) is 4.68 Å². The third kappa shape index (κ3) is 4.80. The van der Waals surface area contributed by atoms with Crippen molar-refractivity contribution in [2.24, 2.45) is 0 Å². The number of ether oxygens (including phenoxy) is 2. The van der Waals surface area contributed by atoms with Crippen molar-refractivity contribution in [2.45, 2.75) is 27.3 Å². The summed E-state index contributed by atoms with van der Waals surface area (Å²) in [5, 5.41) is 13.8. The van der Waals surface area contributed by atoms with Crippen molar-refractivity contribution in [1.82, 2.24) is 9.78 Å². The van der Waals surface area contributed by atoms with Crippen LogP contribution in [-0.4, -0.2) is 36.1 Å². The minimum atomic E-state index is -0.658. The van der Waals surface area contributed by atoms with Gasteiger partial charge in [-0.05, 0) is 32.4 Å². The number of nitriles is 1. The highest BCUT2D eigenvalue weighted by Crippen LogP contribution is 2.19. The summed E-state index contributed by atoms with van der Waals surface area (Å²) in [5.74, 6) is -0.658. The lowest BCUT2D eigenvalue weighted by Gasteiger charge is -2.06. The van der Waals surface area contributed by atoms with E-state index in [0.29, 0.717) is 6.54 Å². The van der Waals surface area contributed by atoms with Gasteiger partial charge >= 0.3 is 5.97 Å². The van der Waals surface area contributed by atoms with Crippen molar-refractivity contribution in [1.29, 1.82) is 5.26 Å². The lowest BCUT2D eigenvalue weighted by atomic mass is 10.1. The Morgan fingerprint density at radius 1 is 1.23 bits per heavy atom. The minimum Gasteiger partial charge on any atom is -0.459 e. The monoisotopic (exact) mass is 353 g/mol. The van der Waals surface area contributed by atoms with Crippen molar-refractivity contribution in [2.75, 3.05) is 20.3 Å². The summed E-state index contributed by atoms with van der Waals surface area (Å²) in [6, 6.07) is 10.2. The molecule has 0 atom stereocenters. The van der Waals surface area contributed by atoms with E-state index in [1.165, 1.54) is 12.7 Å². The molecule has 2 aromatic rings. The summed E-state index contributed by atoms with van der Waals surface area (Å²) in [7, 11) is 1.52. The molecule has 0 aliphatic rings. The minimum absolute atomic E-state index is 0.0535. The standard InChI is InChI=1S/C20H23N3O3/c1-14-5-7-17(8-6-14)13-23-16(3)19(15(2)22-23)11-18(12-21)20(24)26-10-9-25-4/h5-8,11H,9-10,13H2,1-4H3/b18-11+. The molecule has 0 unspecified atom stereocenters. The number of hydrogen-bond donors (Lipinski definition) is 0. The number of rotatable bonds is 7. The topological polar surface area (TPSA) is 77.1 Å². The van der Waals surface area contributed by atoms with E-state index < -0.39 is 5.97 Å². The largest absolute Gasteiger partial charge is 0.459 e. The van der Waals surface area contributed by atoms with Gasteiger partial charge in [-0.1, -0.05) is 29.8 Å². The third-order valence-electron chi connectivity index (χ3n) is 4.04. The maximum absolute atomic E-state index is 12.0. The summed E-state index contributed by atoms with van der Waals surface area (Å²) >= 11 is 0. The van der Waals surface area contributed by atoms with E-state index in [9.17, 15) is 10.1 Å². The highest BCUT2D eigenvalue weighted by atomic mass is 16.6. The number of esters is 1. The summed E-state index contributed by atoms with van der Waals surface area (Å²) in [6.07, 6.45) is 1.54. The molecule has 0 saturated carbocycles. The average Bonchev–Trinajstić information content (AvgIpc) is 2.88. The zero-order valence-electron chi connectivity index (χ0n) is 15.6. The van der Waals surface area contributed by atoms with Crippen molar-refractivity contribution in [3.05, 3.63) is 57.9 Å². The zero-order chi connectivity index (χ0) is 19.1. The predicted octanol–water partition coefficient (Wildman–Crippen LogP) is 2.95. The molecule has 0 saturated heterocycles. The molecular formula is C20H23N3O3. The lowest BCUT2D eigenvalue weighted by molar-refractivity contribution is -0.139. The van der Waals surface area contributed by atoms with E-state index in [4.69, 9.17) is 9.47 Å².